The maximum absolute atomic E-state index is 12.7. The summed E-state index contributed by atoms with van der Waals surface area (Å²) in [5.74, 6) is 1.19. The van der Waals surface area contributed by atoms with Gasteiger partial charge in [-0.05, 0) is 30.3 Å². The summed E-state index contributed by atoms with van der Waals surface area (Å²) in [6.07, 6.45) is 1.26. The van der Waals surface area contributed by atoms with Gasteiger partial charge in [-0.1, -0.05) is 18.2 Å². The first-order chi connectivity index (χ1) is 15.9. The molecule has 1 aliphatic rings. The lowest BCUT2D eigenvalue weighted by Crippen LogP contribution is -2.41. The Morgan fingerprint density at radius 2 is 1.79 bits per heavy atom. The molecular weight excluding hydrogens is 468 g/mol. The first-order valence-corrected chi connectivity index (χ1v) is 12.7. The number of carbonyl (C=O) groups is 2. The van der Waals surface area contributed by atoms with E-state index in [1.807, 2.05) is 18.2 Å². The van der Waals surface area contributed by atoms with E-state index in [1.165, 1.54) is 22.6 Å². The zero-order valence-electron chi connectivity index (χ0n) is 17.4. The number of carbonyl (C=O) groups excluding carboxylic acids is 2. The van der Waals surface area contributed by atoms with Gasteiger partial charge >= 0.3 is 5.91 Å². The van der Waals surface area contributed by atoms with Crippen LogP contribution in [0.2, 0.25) is 0 Å². The van der Waals surface area contributed by atoms with Crippen LogP contribution in [0, 0.1) is 0 Å². The average Bonchev–Trinajstić information content (AvgIpc) is 3.53. The quantitative estimate of drug-likeness (QED) is 0.431. The molecule has 33 heavy (non-hydrogen) atoms. The third kappa shape index (κ3) is 5.59. The summed E-state index contributed by atoms with van der Waals surface area (Å²) in [7, 11) is -3.68. The monoisotopic (exact) mass is 490 g/mol. The lowest BCUT2D eigenvalue weighted by atomic mass is 10.3. The second kappa shape index (κ2) is 10.1. The van der Waals surface area contributed by atoms with Crippen molar-refractivity contribution in [3.05, 3.63) is 71.9 Å². The number of amides is 2. The van der Waals surface area contributed by atoms with Crippen molar-refractivity contribution in [2.45, 2.75) is 11.5 Å². The largest absolute Gasteiger partial charge is 0.486 e. The molecule has 2 amide bonds. The van der Waals surface area contributed by atoms with Crippen LogP contribution in [0.3, 0.4) is 0 Å². The Labute approximate surface area is 194 Å². The molecule has 1 aromatic carbocycles. The van der Waals surface area contributed by atoms with Crippen molar-refractivity contribution >= 4 is 33.6 Å². The molecule has 1 fully saturated rings. The van der Waals surface area contributed by atoms with Crippen molar-refractivity contribution < 1.29 is 27.2 Å². The Morgan fingerprint density at radius 3 is 2.55 bits per heavy atom. The Bertz CT molecular complexity index is 1220. The minimum absolute atomic E-state index is 0.0000287. The number of hydrogen-bond acceptors (Lipinski definition) is 7. The number of benzene rings is 1. The molecule has 0 radical (unpaired) electrons. The smallest absolute Gasteiger partial charge is 0.305 e. The highest BCUT2D eigenvalue weighted by Gasteiger charge is 2.28. The molecule has 0 saturated carbocycles. The van der Waals surface area contributed by atoms with Gasteiger partial charge in [0.1, 0.15) is 28.7 Å². The summed E-state index contributed by atoms with van der Waals surface area (Å²) in [4.78, 5) is 27.2. The molecule has 3 heterocycles. The van der Waals surface area contributed by atoms with E-state index in [4.69, 9.17) is 9.15 Å². The Balaban J connectivity index is 1.30. The zero-order valence-corrected chi connectivity index (χ0v) is 19.1. The Hall–Kier alpha value is -3.22. The van der Waals surface area contributed by atoms with Crippen molar-refractivity contribution in [2.24, 2.45) is 0 Å². The highest BCUT2D eigenvalue weighted by molar-refractivity contribution is 7.99. The van der Waals surface area contributed by atoms with E-state index >= 15 is 0 Å². The predicted molar refractivity (Wildman–Crippen MR) is 121 cm³/mol. The summed E-state index contributed by atoms with van der Waals surface area (Å²) in [6.45, 7) is 0.994. The van der Waals surface area contributed by atoms with E-state index in [2.05, 4.69) is 15.8 Å². The van der Waals surface area contributed by atoms with Crippen molar-refractivity contribution in [1.29, 1.82) is 0 Å². The van der Waals surface area contributed by atoms with Gasteiger partial charge in [0.15, 0.2) is 5.76 Å². The van der Waals surface area contributed by atoms with Crippen LogP contribution in [0.5, 0.6) is 5.75 Å². The molecule has 12 heteroatoms. The van der Waals surface area contributed by atoms with Gasteiger partial charge in [-0.3, -0.25) is 20.4 Å². The lowest BCUT2D eigenvalue weighted by Gasteiger charge is -2.24. The summed E-state index contributed by atoms with van der Waals surface area (Å²) in [5, 5.41) is 0. The molecule has 174 valence electrons. The standard InChI is InChI=1S/C21H22N4O6S2/c26-20(18-12-17(13-22-18)33(28,29)25-8-10-32-11-9-25)23-24-21(27)19-7-6-16(31-19)14-30-15-4-2-1-3-5-15/h1-7,12-13,22H,8-11,14H2,(H,23,26)(H,24,27). The topological polar surface area (TPSA) is 134 Å². The van der Waals surface area contributed by atoms with Crippen molar-refractivity contribution in [1.82, 2.24) is 20.1 Å². The minimum atomic E-state index is -3.68. The number of ether oxygens (including phenoxy) is 1. The fourth-order valence-corrected chi connectivity index (χ4v) is 5.65. The number of thioether (sulfide) groups is 1. The molecule has 10 nitrogen and oxygen atoms in total. The summed E-state index contributed by atoms with van der Waals surface area (Å²) >= 11 is 1.70. The van der Waals surface area contributed by atoms with Crippen LogP contribution in [-0.4, -0.2) is 54.1 Å². The SMILES string of the molecule is O=C(NNC(=O)c1ccc(COc2ccccc2)o1)c1cc(S(=O)(=O)N2CCSCC2)c[nH]1. The zero-order chi connectivity index (χ0) is 23.3. The fourth-order valence-electron chi connectivity index (χ4n) is 3.08. The van der Waals surface area contributed by atoms with Gasteiger partial charge in [0.2, 0.25) is 10.0 Å². The molecule has 0 bridgehead atoms. The van der Waals surface area contributed by atoms with Crippen LogP contribution in [0.1, 0.15) is 26.8 Å². The summed E-state index contributed by atoms with van der Waals surface area (Å²) in [6, 6.07) is 13.5. The maximum atomic E-state index is 12.7. The number of para-hydroxylation sites is 1. The molecular formula is C21H22N4O6S2. The highest BCUT2D eigenvalue weighted by Crippen LogP contribution is 2.21. The number of hydrazine groups is 1. The van der Waals surface area contributed by atoms with Crippen LogP contribution >= 0.6 is 11.8 Å². The van der Waals surface area contributed by atoms with E-state index in [-0.39, 0.29) is 23.0 Å². The maximum Gasteiger partial charge on any atom is 0.305 e. The second-order valence-electron chi connectivity index (χ2n) is 7.04. The van der Waals surface area contributed by atoms with Gasteiger partial charge in [0, 0.05) is 30.8 Å². The number of hydrogen-bond donors (Lipinski definition) is 3. The molecule has 0 unspecified atom stereocenters. The van der Waals surface area contributed by atoms with E-state index in [9.17, 15) is 18.0 Å². The Morgan fingerprint density at radius 1 is 1.06 bits per heavy atom. The molecule has 2 aromatic heterocycles. The third-order valence-corrected chi connectivity index (χ3v) is 7.63. The van der Waals surface area contributed by atoms with Gasteiger partial charge in [-0.2, -0.15) is 16.1 Å². The molecule has 1 saturated heterocycles. The molecule has 0 aliphatic carbocycles. The lowest BCUT2D eigenvalue weighted by molar-refractivity contribution is 0.0826. The summed E-state index contributed by atoms with van der Waals surface area (Å²) in [5.41, 5.74) is 4.47. The number of nitrogens with one attached hydrogen (secondary N) is 3. The van der Waals surface area contributed by atoms with Crippen LogP contribution in [0.25, 0.3) is 0 Å². The Kier molecular flexibility index (Phi) is 7.06. The molecule has 3 N–H and O–H groups in total. The predicted octanol–water partition coefficient (Wildman–Crippen LogP) is 2.00. The highest BCUT2D eigenvalue weighted by atomic mass is 32.2. The first-order valence-electron chi connectivity index (χ1n) is 10.1. The van der Waals surface area contributed by atoms with Gasteiger partial charge in [0.05, 0.1) is 0 Å². The summed E-state index contributed by atoms with van der Waals surface area (Å²) < 4.78 is 37.8. The number of H-pyrrole nitrogens is 1. The van der Waals surface area contributed by atoms with Crippen molar-refractivity contribution in [3.8, 4) is 5.75 Å². The van der Waals surface area contributed by atoms with Crippen LogP contribution < -0.4 is 15.6 Å². The van der Waals surface area contributed by atoms with E-state index < -0.39 is 21.8 Å². The molecule has 3 aromatic rings. The average molecular weight is 491 g/mol. The fraction of sp³-hybridized carbons (Fsp3) is 0.238. The number of nitrogens with zero attached hydrogens (tertiary/aromatic N) is 1. The second-order valence-corrected chi connectivity index (χ2v) is 10.2. The van der Waals surface area contributed by atoms with E-state index in [1.54, 1.807) is 30.0 Å². The minimum Gasteiger partial charge on any atom is -0.486 e. The van der Waals surface area contributed by atoms with Crippen LogP contribution in [-0.2, 0) is 16.6 Å². The van der Waals surface area contributed by atoms with Crippen molar-refractivity contribution in [2.75, 3.05) is 24.6 Å². The van der Waals surface area contributed by atoms with E-state index in [0.29, 0.717) is 24.6 Å². The van der Waals surface area contributed by atoms with E-state index in [0.717, 1.165) is 11.5 Å². The molecule has 1 aliphatic heterocycles. The number of rotatable bonds is 7. The molecule has 0 spiro atoms. The first kappa shape index (κ1) is 23.0. The normalized spacial score (nSPS) is 14.5. The number of furan rings is 1. The van der Waals surface area contributed by atoms with Gasteiger partial charge in [-0.15, -0.1) is 0 Å². The molecule has 4 rings (SSSR count). The van der Waals surface area contributed by atoms with Gasteiger partial charge in [0.25, 0.3) is 5.91 Å². The van der Waals surface area contributed by atoms with Crippen molar-refractivity contribution in [3.63, 3.8) is 0 Å². The van der Waals surface area contributed by atoms with Crippen LogP contribution in [0.15, 0.2) is 64.0 Å². The van der Waals surface area contributed by atoms with Crippen LogP contribution in [0.4, 0.5) is 0 Å². The number of aromatic amines is 1. The third-order valence-electron chi connectivity index (χ3n) is 4.81. The molecule has 0 atom stereocenters. The number of sulfonamides is 1. The van der Waals surface area contributed by atoms with Gasteiger partial charge < -0.3 is 14.1 Å². The number of aromatic nitrogens is 1. The van der Waals surface area contributed by atoms with Gasteiger partial charge in [-0.25, -0.2) is 8.42 Å².